The number of nitrogens with zero attached hydrogens (tertiary/aromatic N) is 1. The third-order valence-electron chi connectivity index (χ3n) is 4.16. The second kappa shape index (κ2) is 9.75. The molecule has 2 aromatic carbocycles. The lowest BCUT2D eigenvalue weighted by atomic mass is 10.1. The molecule has 10 nitrogen and oxygen atoms in total. The number of carbonyl (C=O) groups is 2. The third-order valence-corrected chi connectivity index (χ3v) is 6.54. The number of anilines is 2. The summed E-state index contributed by atoms with van der Waals surface area (Å²) in [6.45, 7) is 1.57. The molecule has 0 unspecified atom stereocenters. The minimum absolute atomic E-state index is 0.0177. The highest BCUT2D eigenvalue weighted by molar-refractivity contribution is 7.92. The van der Waals surface area contributed by atoms with Crippen LogP contribution in [0.4, 0.5) is 20.1 Å². The van der Waals surface area contributed by atoms with Crippen molar-refractivity contribution in [3.63, 3.8) is 0 Å². The smallest absolute Gasteiger partial charge is 0.341 e. The van der Waals surface area contributed by atoms with Crippen molar-refractivity contribution in [3.8, 4) is 0 Å². The van der Waals surface area contributed by atoms with Crippen molar-refractivity contribution < 1.29 is 32.1 Å². The largest absolute Gasteiger partial charge is 0.462 e. The number of thiophene rings is 1. The topological polar surface area (TPSA) is 145 Å². The zero-order valence-electron chi connectivity index (χ0n) is 16.9. The Bertz CT molecular complexity index is 1320. The number of sulfonamides is 1. The number of hydrogen-bond acceptors (Lipinski definition) is 8. The molecule has 0 atom stereocenters. The number of para-hydroxylation sites is 1. The Morgan fingerprint density at radius 1 is 1.12 bits per heavy atom. The Kier molecular flexibility index (Phi) is 7.04. The number of ether oxygens (including phenoxy) is 1. The third kappa shape index (κ3) is 5.51. The van der Waals surface area contributed by atoms with Gasteiger partial charge in [-0.05, 0) is 54.7 Å². The first-order valence-corrected chi connectivity index (χ1v) is 11.6. The fraction of sp³-hybridized carbons (Fsp3) is 0.100. The van der Waals surface area contributed by atoms with E-state index in [1.54, 1.807) is 6.92 Å². The Morgan fingerprint density at radius 2 is 1.79 bits per heavy atom. The van der Waals surface area contributed by atoms with Crippen LogP contribution in [-0.2, 0) is 14.8 Å². The molecule has 0 saturated carbocycles. The molecule has 1 amide bonds. The van der Waals surface area contributed by atoms with Gasteiger partial charge in [0, 0.05) is 6.07 Å². The van der Waals surface area contributed by atoms with E-state index in [-0.39, 0.29) is 33.3 Å². The summed E-state index contributed by atoms with van der Waals surface area (Å²) in [4.78, 5) is 35.2. The van der Waals surface area contributed by atoms with Crippen LogP contribution in [0.15, 0.2) is 59.5 Å². The molecule has 0 spiro atoms. The molecule has 0 fully saturated rings. The van der Waals surface area contributed by atoms with Gasteiger partial charge in [0.05, 0.1) is 27.7 Å². The normalized spacial score (nSPS) is 11.0. The Balaban J connectivity index is 1.92. The maximum Gasteiger partial charge on any atom is 0.341 e. The van der Waals surface area contributed by atoms with Crippen molar-refractivity contribution in [3.05, 3.63) is 81.7 Å². The number of rotatable bonds is 8. The molecule has 1 aromatic heterocycles. The highest BCUT2D eigenvalue weighted by Crippen LogP contribution is 2.35. The molecule has 13 heteroatoms. The number of nitrogens with one attached hydrogen (secondary N) is 2. The van der Waals surface area contributed by atoms with Crippen LogP contribution in [0.3, 0.4) is 0 Å². The maximum atomic E-state index is 13.1. The van der Waals surface area contributed by atoms with Crippen molar-refractivity contribution in [1.82, 2.24) is 0 Å². The number of halogens is 1. The van der Waals surface area contributed by atoms with Gasteiger partial charge in [0.2, 0.25) is 0 Å². The molecule has 0 radical (unpaired) electrons. The number of benzene rings is 2. The van der Waals surface area contributed by atoms with Crippen molar-refractivity contribution in [1.29, 1.82) is 0 Å². The Labute approximate surface area is 191 Å². The summed E-state index contributed by atoms with van der Waals surface area (Å²) in [6, 6.07) is 10.7. The van der Waals surface area contributed by atoms with Gasteiger partial charge in [0.25, 0.3) is 15.9 Å². The molecule has 0 saturated heterocycles. The standard InChI is InChI=1S/C20H16FN3O7S2/c1-2-31-20(26)15-11-17(24(27)28)32-19(15)22-18(25)14-5-3-4-6-16(14)23-33(29,30)13-9-7-12(21)8-10-13/h3-11,23H,2H2,1H3,(H,22,25). The van der Waals surface area contributed by atoms with Crippen LogP contribution in [-0.4, -0.2) is 31.8 Å². The zero-order chi connectivity index (χ0) is 24.2. The van der Waals surface area contributed by atoms with Crippen LogP contribution < -0.4 is 10.0 Å². The lowest BCUT2D eigenvalue weighted by Crippen LogP contribution is -2.19. The highest BCUT2D eigenvalue weighted by Gasteiger charge is 2.25. The van der Waals surface area contributed by atoms with Crippen molar-refractivity contribution in [2.45, 2.75) is 11.8 Å². The molecule has 1 heterocycles. The molecule has 0 aliphatic heterocycles. The quantitative estimate of drug-likeness (QED) is 0.274. The summed E-state index contributed by atoms with van der Waals surface area (Å²) < 4.78 is 45.5. The summed E-state index contributed by atoms with van der Waals surface area (Å²) in [5, 5.41) is 13.0. The summed E-state index contributed by atoms with van der Waals surface area (Å²) >= 11 is 0.556. The number of carbonyl (C=O) groups excluding carboxylic acids is 2. The summed E-state index contributed by atoms with van der Waals surface area (Å²) in [7, 11) is -4.15. The monoisotopic (exact) mass is 493 g/mol. The zero-order valence-corrected chi connectivity index (χ0v) is 18.5. The van der Waals surface area contributed by atoms with Crippen LogP contribution in [0.25, 0.3) is 0 Å². The first-order chi connectivity index (χ1) is 15.6. The van der Waals surface area contributed by atoms with E-state index in [1.165, 1.54) is 24.3 Å². The summed E-state index contributed by atoms with van der Waals surface area (Å²) in [5.41, 5.74) is -0.414. The van der Waals surface area contributed by atoms with Crippen LogP contribution >= 0.6 is 11.3 Å². The van der Waals surface area contributed by atoms with Crippen LogP contribution in [0.1, 0.15) is 27.6 Å². The number of nitro groups is 1. The van der Waals surface area contributed by atoms with Gasteiger partial charge in [-0.1, -0.05) is 12.1 Å². The first-order valence-electron chi connectivity index (χ1n) is 9.26. The predicted molar refractivity (Wildman–Crippen MR) is 119 cm³/mol. The van der Waals surface area contributed by atoms with Crippen LogP contribution in [0, 0.1) is 15.9 Å². The molecule has 172 valence electrons. The second-order valence-electron chi connectivity index (χ2n) is 6.36. The molecule has 0 aliphatic rings. The van der Waals surface area contributed by atoms with Gasteiger partial charge in [-0.3, -0.25) is 19.6 Å². The fourth-order valence-electron chi connectivity index (χ4n) is 2.68. The molecular formula is C20H16FN3O7S2. The molecule has 3 rings (SSSR count). The van der Waals surface area contributed by atoms with Crippen LogP contribution in [0.2, 0.25) is 0 Å². The van der Waals surface area contributed by atoms with E-state index in [1.807, 2.05) is 0 Å². The van der Waals surface area contributed by atoms with Gasteiger partial charge < -0.3 is 10.1 Å². The van der Waals surface area contributed by atoms with E-state index >= 15 is 0 Å². The lowest BCUT2D eigenvalue weighted by Gasteiger charge is -2.13. The van der Waals surface area contributed by atoms with E-state index in [0.717, 1.165) is 30.3 Å². The van der Waals surface area contributed by atoms with E-state index in [0.29, 0.717) is 11.3 Å². The first kappa shape index (κ1) is 23.8. The van der Waals surface area contributed by atoms with Gasteiger partial charge in [0.1, 0.15) is 16.4 Å². The second-order valence-corrected chi connectivity index (χ2v) is 9.08. The molecular weight excluding hydrogens is 477 g/mol. The van der Waals surface area contributed by atoms with Crippen LogP contribution in [0.5, 0.6) is 0 Å². The van der Waals surface area contributed by atoms with Gasteiger partial charge in [0.15, 0.2) is 0 Å². The fourth-order valence-corrected chi connectivity index (χ4v) is 4.62. The van der Waals surface area contributed by atoms with Crippen molar-refractivity contribution >= 4 is 48.9 Å². The lowest BCUT2D eigenvalue weighted by molar-refractivity contribution is -0.380. The summed E-state index contributed by atoms with van der Waals surface area (Å²) in [6.07, 6.45) is 0. The Morgan fingerprint density at radius 3 is 2.42 bits per heavy atom. The van der Waals surface area contributed by atoms with E-state index in [9.17, 15) is 32.5 Å². The maximum absolute atomic E-state index is 13.1. The number of hydrogen-bond donors (Lipinski definition) is 2. The number of amides is 1. The molecule has 3 aromatic rings. The molecule has 0 aliphatic carbocycles. The SMILES string of the molecule is CCOC(=O)c1cc([N+](=O)[O-])sc1NC(=O)c1ccccc1NS(=O)(=O)c1ccc(F)cc1. The van der Waals surface area contributed by atoms with Gasteiger partial charge in [-0.2, -0.15) is 0 Å². The van der Waals surface area contributed by atoms with Gasteiger partial charge >= 0.3 is 11.0 Å². The molecule has 33 heavy (non-hydrogen) atoms. The highest BCUT2D eigenvalue weighted by atomic mass is 32.2. The Hall–Kier alpha value is -3.84. The van der Waals surface area contributed by atoms with E-state index in [2.05, 4.69) is 10.0 Å². The van der Waals surface area contributed by atoms with Crippen molar-refractivity contribution in [2.75, 3.05) is 16.6 Å². The average molecular weight is 493 g/mol. The minimum Gasteiger partial charge on any atom is -0.462 e. The minimum atomic E-state index is -4.15. The predicted octanol–water partition coefficient (Wildman–Crippen LogP) is 4.03. The van der Waals surface area contributed by atoms with Gasteiger partial charge in [-0.15, -0.1) is 0 Å². The molecule has 0 bridgehead atoms. The number of esters is 1. The van der Waals surface area contributed by atoms with Crippen molar-refractivity contribution in [2.24, 2.45) is 0 Å². The average Bonchev–Trinajstić information content (AvgIpc) is 3.18. The summed E-state index contributed by atoms with van der Waals surface area (Å²) in [5.74, 6) is -2.30. The van der Waals surface area contributed by atoms with Gasteiger partial charge in [-0.25, -0.2) is 17.6 Å². The van der Waals surface area contributed by atoms with E-state index < -0.39 is 37.6 Å². The van der Waals surface area contributed by atoms with E-state index in [4.69, 9.17) is 4.74 Å². The molecule has 2 N–H and O–H groups in total.